The van der Waals surface area contributed by atoms with E-state index in [9.17, 15) is 8.78 Å². The van der Waals surface area contributed by atoms with Gasteiger partial charge in [-0.25, -0.2) is 18.7 Å². The third kappa shape index (κ3) is 4.30. The Balaban J connectivity index is 1.53. The number of aromatic nitrogens is 3. The molecule has 1 N–H and O–H groups in total. The number of fused-ring (bicyclic) bond motifs is 1. The second kappa shape index (κ2) is 8.45. The zero-order chi connectivity index (χ0) is 20.2. The Hall–Kier alpha value is -3.19. The molecule has 0 amide bonds. The molecule has 4 aromatic rings. The van der Waals surface area contributed by atoms with Crippen LogP contribution in [0, 0.1) is 5.82 Å². The maximum atomic E-state index is 13.3. The van der Waals surface area contributed by atoms with Crippen molar-refractivity contribution in [3.05, 3.63) is 77.5 Å². The van der Waals surface area contributed by atoms with Crippen molar-refractivity contribution in [2.45, 2.75) is 13.2 Å². The zero-order valence-corrected chi connectivity index (χ0v) is 16.0. The van der Waals surface area contributed by atoms with Crippen LogP contribution in [-0.4, -0.2) is 21.2 Å². The molecule has 5 nitrogen and oxygen atoms in total. The lowest BCUT2D eigenvalue weighted by molar-refractivity contribution is 0.306. The van der Waals surface area contributed by atoms with Gasteiger partial charge in [0.05, 0.1) is 17.1 Å². The molecule has 0 fully saturated rings. The van der Waals surface area contributed by atoms with Crippen LogP contribution in [0.3, 0.4) is 0 Å². The van der Waals surface area contributed by atoms with E-state index in [1.54, 1.807) is 41.1 Å². The summed E-state index contributed by atoms with van der Waals surface area (Å²) < 4.78 is 33.6. The molecular weight excluding hydrogens is 398 g/mol. The predicted molar refractivity (Wildman–Crippen MR) is 109 cm³/mol. The van der Waals surface area contributed by atoms with Gasteiger partial charge in [0.15, 0.2) is 5.82 Å². The first kappa shape index (κ1) is 19.1. The number of anilines is 2. The fourth-order valence-corrected chi connectivity index (χ4v) is 3.26. The van der Waals surface area contributed by atoms with Crippen LogP contribution in [0.15, 0.2) is 61.1 Å². The minimum atomic E-state index is -0.485. The second-order valence-electron chi connectivity index (χ2n) is 6.34. The molecule has 0 aliphatic heterocycles. The first-order chi connectivity index (χ1) is 14.1. The molecule has 0 radical (unpaired) electrons. The summed E-state index contributed by atoms with van der Waals surface area (Å²) in [6.07, 6.45) is 3.23. The summed E-state index contributed by atoms with van der Waals surface area (Å²) in [4.78, 5) is 8.49. The maximum absolute atomic E-state index is 13.3. The third-order valence-electron chi connectivity index (χ3n) is 4.35. The number of rotatable bonds is 7. The molecule has 0 aliphatic carbocycles. The van der Waals surface area contributed by atoms with Gasteiger partial charge in [0.1, 0.15) is 36.7 Å². The summed E-state index contributed by atoms with van der Waals surface area (Å²) in [7, 11) is 0. The van der Waals surface area contributed by atoms with Gasteiger partial charge in [-0.1, -0.05) is 23.7 Å². The molecule has 8 heteroatoms. The summed E-state index contributed by atoms with van der Waals surface area (Å²) in [6.45, 7) is -0.0615. The van der Waals surface area contributed by atoms with E-state index in [0.717, 1.165) is 5.52 Å². The largest absolute Gasteiger partial charge is 0.487 e. The summed E-state index contributed by atoms with van der Waals surface area (Å²) in [6, 6.07) is 13.2. The van der Waals surface area contributed by atoms with Crippen LogP contribution in [0.5, 0.6) is 5.75 Å². The summed E-state index contributed by atoms with van der Waals surface area (Å²) in [5.41, 5.74) is 2.84. The molecule has 2 heterocycles. The molecular formula is C21H17ClF2N4O. The fourth-order valence-electron chi connectivity index (χ4n) is 3.02. The number of nitrogens with one attached hydrogen (secondary N) is 1. The van der Waals surface area contributed by atoms with Gasteiger partial charge in [0, 0.05) is 11.9 Å². The molecule has 0 aliphatic rings. The lowest BCUT2D eigenvalue weighted by atomic mass is 10.2. The Labute approximate surface area is 170 Å². The van der Waals surface area contributed by atoms with Crippen LogP contribution in [0.25, 0.3) is 11.0 Å². The van der Waals surface area contributed by atoms with Gasteiger partial charge >= 0.3 is 0 Å². The summed E-state index contributed by atoms with van der Waals surface area (Å²) in [5, 5.41) is 3.60. The van der Waals surface area contributed by atoms with E-state index in [-0.39, 0.29) is 19.0 Å². The topological polar surface area (TPSA) is 52.0 Å². The molecule has 148 valence electrons. The third-order valence-corrected chi connectivity index (χ3v) is 4.65. The highest BCUT2D eigenvalue weighted by atomic mass is 35.5. The number of hydrogen-bond donors (Lipinski definition) is 1. The Morgan fingerprint density at radius 2 is 2.00 bits per heavy atom. The highest BCUT2D eigenvalue weighted by Gasteiger charge is 2.11. The fraction of sp³-hybridized carbons (Fsp3) is 0.143. The van der Waals surface area contributed by atoms with Gasteiger partial charge in [-0.05, 0) is 42.0 Å². The second-order valence-corrected chi connectivity index (χ2v) is 6.75. The Morgan fingerprint density at radius 1 is 1.10 bits per heavy atom. The molecule has 4 rings (SSSR count). The van der Waals surface area contributed by atoms with Crippen molar-refractivity contribution < 1.29 is 13.5 Å². The highest BCUT2D eigenvalue weighted by molar-refractivity contribution is 6.32. The SMILES string of the molecule is FCCn1ccc2ncnc(Nc3ccc(OCc4cccc(F)c4)c(Cl)c3)c21. The summed E-state index contributed by atoms with van der Waals surface area (Å²) in [5.74, 6) is 0.721. The van der Waals surface area contributed by atoms with Gasteiger partial charge in [0.25, 0.3) is 0 Å². The molecule has 0 spiro atoms. The summed E-state index contributed by atoms with van der Waals surface area (Å²) >= 11 is 6.34. The quantitative estimate of drug-likeness (QED) is 0.433. The number of hydrogen-bond acceptors (Lipinski definition) is 4. The van der Waals surface area contributed by atoms with Crippen LogP contribution in [0.1, 0.15) is 5.56 Å². The standard InChI is InChI=1S/C21H17ClF2N4O/c22-17-11-16(4-5-19(17)29-12-14-2-1-3-15(24)10-14)27-21-20-18(25-13-26-21)6-8-28(20)9-7-23/h1-6,8,10-11,13H,7,9,12H2,(H,25,26,27). The van der Waals surface area contributed by atoms with Crippen molar-refractivity contribution in [1.29, 1.82) is 0 Å². The average molecular weight is 415 g/mol. The minimum Gasteiger partial charge on any atom is -0.487 e. The molecule has 2 aromatic heterocycles. The Bertz CT molecular complexity index is 1150. The normalized spacial score (nSPS) is 11.0. The molecule has 0 saturated carbocycles. The van der Waals surface area contributed by atoms with Crippen LogP contribution >= 0.6 is 11.6 Å². The van der Waals surface area contributed by atoms with Crippen molar-refractivity contribution in [3.8, 4) is 5.75 Å². The van der Waals surface area contributed by atoms with Crippen LogP contribution in [0.2, 0.25) is 5.02 Å². The number of ether oxygens (including phenoxy) is 1. The van der Waals surface area contributed by atoms with E-state index in [1.807, 2.05) is 6.07 Å². The van der Waals surface area contributed by atoms with Crippen molar-refractivity contribution in [2.24, 2.45) is 0 Å². The van der Waals surface area contributed by atoms with E-state index in [4.69, 9.17) is 16.3 Å². The van der Waals surface area contributed by atoms with Gasteiger partial charge in [-0.2, -0.15) is 0 Å². The minimum absolute atomic E-state index is 0.202. The van der Waals surface area contributed by atoms with Crippen molar-refractivity contribution in [3.63, 3.8) is 0 Å². The lowest BCUT2D eigenvalue weighted by Crippen LogP contribution is -2.03. The predicted octanol–water partition coefficient (Wildman–Crippen LogP) is 5.52. The Kier molecular flexibility index (Phi) is 5.57. The average Bonchev–Trinajstić information content (AvgIpc) is 3.12. The van der Waals surface area contributed by atoms with Crippen molar-refractivity contribution in [1.82, 2.24) is 14.5 Å². The molecule has 0 bridgehead atoms. The highest BCUT2D eigenvalue weighted by Crippen LogP contribution is 2.31. The monoisotopic (exact) mass is 414 g/mol. The van der Waals surface area contributed by atoms with Gasteiger partial charge in [-0.15, -0.1) is 0 Å². The van der Waals surface area contributed by atoms with E-state index in [0.29, 0.717) is 33.4 Å². The first-order valence-corrected chi connectivity index (χ1v) is 9.31. The van der Waals surface area contributed by atoms with E-state index >= 15 is 0 Å². The molecule has 0 unspecified atom stereocenters. The van der Waals surface area contributed by atoms with E-state index in [1.165, 1.54) is 18.5 Å². The smallest absolute Gasteiger partial charge is 0.158 e. The lowest BCUT2D eigenvalue weighted by Gasteiger charge is -2.12. The zero-order valence-electron chi connectivity index (χ0n) is 15.3. The molecule has 0 atom stereocenters. The number of halogens is 3. The van der Waals surface area contributed by atoms with E-state index < -0.39 is 6.67 Å². The van der Waals surface area contributed by atoms with Crippen LogP contribution < -0.4 is 10.1 Å². The van der Waals surface area contributed by atoms with Crippen LogP contribution in [0.4, 0.5) is 20.3 Å². The van der Waals surface area contributed by atoms with E-state index in [2.05, 4.69) is 15.3 Å². The van der Waals surface area contributed by atoms with Crippen molar-refractivity contribution >= 4 is 34.1 Å². The van der Waals surface area contributed by atoms with Gasteiger partial charge in [0.2, 0.25) is 0 Å². The maximum Gasteiger partial charge on any atom is 0.158 e. The molecule has 29 heavy (non-hydrogen) atoms. The number of alkyl halides is 1. The van der Waals surface area contributed by atoms with Gasteiger partial charge in [-0.3, -0.25) is 0 Å². The van der Waals surface area contributed by atoms with Crippen molar-refractivity contribution in [2.75, 3.05) is 12.0 Å². The Morgan fingerprint density at radius 3 is 2.79 bits per heavy atom. The van der Waals surface area contributed by atoms with Gasteiger partial charge < -0.3 is 14.6 Å². The number of nitrogens with zero attached hydrogens (tertiary/aromatic N) is 3. The molecule has 2 aromatic carbocycles. The van der Waals surface area contributed by atoms with Crippen LogP contribution in [-0.2, 0) is 13.2 Å². The number of benzene rings is 2. The molecule has 0 saturated heterocycles. The first-order valence-electron chi connectivity index (χ1n) is 8.93. The number of aryl methyl sites for hydroxylation is 1.